The van der Waals surface area contributed by atoms with Crippen LogP contribution in [0.5, 0.6) is 0 Å². The van der Waals surface area contributed by atoms with Gasteiger partial charge in [0.1, 0.15) is 11.4 Å². The molecule has 0 aliphatic carbocycles. The summed E-state index contributed by atoms with van der Waals surface area (Å²) in [6, 6.07) is 23.8. The summed E-state index contributed by atoms with van der Waals surface area (Å²) in [5.74, 6) is 0. The molecule has 0 aliphatic rings. The summed E-state index contributed by atoms with van der Waals surface area (Å²) in [5, 5.41) is 18.7. The molecule has 2 aromatic heterocycles. The van der Waals surface area contributed by atoms with Gasteiger partial charge in [0.2, 0.25) is 0 Å². The second-order valence-corrected chi connectivity index (χ2v) is 16.6. The summed E-state index contributed by atoms with van der Waals surface area (Å²) in [7, 11) is 0. The maximum absolute atomic E-state index is 4.69. The predicted molar refractivity (Wildman–Crippen MR) is 191 cm³/mol. The molecule has 6 heteroatoms. The Labute approximate surface area is 275 Å². The largest absolute Gasteiger partial charge is 0.220 e. The van der Waals surface area contributed by atoms with Crippen molar-refractivity contribution in [3.05, 3.63) is 118 Å². The van der Waals surface area contributed by atoms with E-state index in [-0.39, 0.29) is 21.7 Å². The fraction of sp³-hybridized carbons (Fsp3) is 0.400. The van der Waals surface area contributed by atoms with Gasteiger partial charge in [-0.15, -0.1) is 10.2 Å². The molecule has 0 spiro atoms. The van der Waals surface area contributed by atoms with Crippen molar-refractivity contribution >= 4 is 11.6 Å². The van der Waals surface area contributed by atoms with E-state index >= 15 is 0 Å². The quantitative estimate of drug-likeness (QED) is 0.198. The molecule has 0 unspecified atom stereocenters. The van der Waals surface area contributed by atoms with E-state index in [4.69, 9.17) is 10.2 Å². The van der Waals surface area contributed by atoms with Crippen molar-refractivity contribution in [1.29, 1.82) is 0 Å². The van der Waals surface area contributed by atoms with Crippen LogP contribution in [0.3, 0.4) is 0 Å². The molecule has 240 valence electrons. The zero-order valence-corrected chi connectivity index (χ0v) is 29.8. The molecule has 0 N–H and O–H groups in total. The topological polar surface area (TPSA) is 61.4 Å². The number of aromatic nitrogens is 6. The van der Waals surface area contributed by atoms with Gasteiger partial charge < -0.3 is 0 Å². The molecule has 0 saturated carbocycles. The molecule has 2 heterocycles. The highest BCUT2D eigenvalue weighted by Crippen LogP contribution is 2.34. The summed E-state index contributed by atoms with van der Waals surface area (Å²) >= 11 is 0. The zero-order valence-electron chi connectivity index (χ0n) is 29.8. The molecule has 0 atom stereocenters. The normalized spacial score (nSPS) is 12.8. The van der Waals surface area contributed by atoms with Crippen LogP contribution in [-0.4, -0.2) is 30.0 Å². The van der Waals surface area contributed by atoms with Crippen molar-refractivity contribution in [1.82, 2.24) is 30.0 Å². The monoisotopic (exact) mass is 614 g/mol. The fourth-order valence-corrected chi connectivity index (χ4v) is 5.24. The summed E-state index contributed by atoms with van der Waals surface area (Å²) in [6.07, 6.45) is 6.11. The molecule has 0 amide bonds. The van der Waals surface area contributed by atoms with Crippen molar-refractivity contribution in [2.75, 3.05) is 0 Å². The minimum absolute atomic E-state index is 0.00650. The Morgan fingerprint density at radius 1 is 0.500 bits per heavy atom. The first-order valence-electron chi connectivity index (χ1n) is 16.2. The summed E-state index contributed by atoms with van der Waals surface area (Å²) in [6.45, 7) is 27.0. The van der Waals surface area contributed by atoms with Crippen molar-refractivity contribution in [3.8, 4) is 11.4 Å². The van der Waals surface area contributed by atoms with E-state index in [1.807, 2.05) is 40.0 Å². The van der Waals surface area contributed by atoms with Crippen LogP contribution in [0.4, 0.5) is 0 Å². The summed E-state index contributed by atoms with van der Waals surface area (Å²) < 4.78 is 3.76. The molecule has 46 heavy (non-hydrogen) atoms. The molecule has 5 rings (SSSR count). The van der Waals surface area contributed by atoms with Crippen LogP contribution in [0.25, 0.3) is 23.0 Å². The van der Waals surface area contributed by atoms with Crippen molar-refractivity contribution < 1.29 is 0 Å². The molecule has 3 aromatic carbocycles. The lowest BCUT2D eigenvalue weighted by Gasteiger charge is -2.26. The number of rotatable bonds is 5. The molecular formula is C40H50N6. The molecule has 5 aromatic rings. The second-order valence-electron chi connectivity index (χ2n) is 16.6. The highest BCUT2D eigenvalue weighted by atomic mass is 15.4. The number of nitrogens with zero attached hydrogens (tertiary/aromatic N) is 6. The van der Waals surface area contributed by atoms with Gasteiger partial charge in [0.25, 0.3) is 0 Å². The van der Waals surface area contributed by atoms with Gasteiger partial charge in [-0.3, -0.25) is 0 Å². The van der Waals surface area contributed by atoms with Crippen LogP contribution in [0, 0.1) is 0 Å². The van der Waals surface area contributed by atoms with E-state index in [9.17, 15) is 0 Å². The van der Waals surface area contributed by atoms with Gasteiger partial charge in [0.15, 0.2) is 0 Å². The minimum atomic E-state index is -0.00650. The van der Waals surface area contributed by atoms with E-state index < -0.39 is 0 Å². The Kier molecular flexibility index (Phi) is 8.48. The average Bonchev–Trinajstić information content (AvgIpc) is 3.65. The Balaban J connectivity index is 1.63. The van der Waals surface area contributed by atoms with Crippen LogP contribution in [0.15, 0.2) is 79.1 Å². The van der Waals surface area contributed by atoms with Gasteiger partial charge in [0.05, 0.1) is 23.8 Å². The van der Waals surface area contributed by atoms with E-state index in [2.05, 4.69) is 148 Å². The molecule has 0 radical (unpaired) electrons. The first-order valence-corrected chi connectivity index (χ1v) is 16.2. The number of hydrogen-bond donors (Lipinski definition) is 0. The lowest BCUT2D eigenvalue weighted by molar-refractivity contribution is 0.566. The Bertz CT molecular complexity index is 1680. The van der Waals surface area contributed by atoms with Crippen molar-refractivity contribution in [3.63, 3.8) is 0 Å². The van der Waals surface area contributed by atoms with Gasteiger partial charge >= 0.3 is 0 Å². The fourth-order valence-electron chi connectivity index (χ4n) is 5.24. The Morgan fingerprint density at radius 2 is 0.848 bits per heavy atom. The lowest BCUT2D eigenvalue weighted by atomic mass is 9.80. The van der Waals surface area contributed by atoms with Crippen molar-refractivity contribution in [2.45, 2.75) is 105 Å². The molecule has 0 fully saturated rings. The number of hydrogen-bond acceptors (Lipinski definition) is 4. The van der Waals surface area contributed by atoms with Gasteiger partial charge in [-0.05, 0) is 79.8 Å². The van der Waals surface area contributed by atoms with Crippen molar-refractivity contribution in [2.24, 2.45) is 0 Å². The van der Waals surface area contributed by atoms with Crippen LogP contribution < -0.4 is 0 Å². The summed E-state index contributed by atoms with van der Waals surface area (Å²) in [4.78, 5) is 0. The molecule has 0 saturated heterocycles. The lowest BCUT2D eigenvalue weighted by Crippen LogP contribution is -2.17. The van der Waals surface area contributed by atoms with E-state index in [0.29, 0.717) is 0 Å². The molecule has 0 bridgehead atoms. The standard InChI is InChI=1S/C40H50N6/c1-37(2,3)28-19-29(38(4,5)6)22-32(21-28)45-25-35(41-43-45)34(18-27-16-14-13-15-17-27)36-26-46(44-42-36)33-23-30(39(7,8)9)20-31(24-33)40(10,11)12/h13-26H,1-12H3. The highest BCUT2D eigenvalue weighted by molar-refractivity contribution is 5.88. The zero-order chi connectivity index (χ0) is 33.7. The smallest absolute Gasteiger partial charge is 0.115 e. The maximum Gasteiger partial charge on any atom is 0.115 e. The first-order chi connectivity index (χ1) is 21.3. The number of benzene rings is 3. The van der Waals surface area contributed by atoms with Gasteiger partial charge in [0, 0.05) is 5.57 Å². The van der Waals surface area contributed by atoms with Crippen LogP contribution >= 0.6 is 0 Å². The molecular weight excluding hydrogens is 564 g/mol. The van der Waals surface area contributed by atoms with Crippen LogP contribution in [-0.2, 0) is 21.7 Å². The van der Waals surface area contributed by atoms with E-state index in [1.165, 1.54) is 22.3 Å². The van der Waals surface area contributed by atoms with E-state index in [1.54, 1.807) is 0 Å². The first kappa shape index (κ1) is 33.1. The third kappa shape index (κ3) is 7.38. The Hall–Kier alpha value is -4.32. The third-order valence-electron chi connectivity index (χ3n) is 8.48. The third-order valence-corrected chi connectivity index (χ3v) is 8.48. The van der Waals surface area contributed by atoms with Gasteiger partial charge in [-0.25, -0.2) is 9.36 Å². The average molecular weight is 615 g/mol. The molecule has 0 aliphatic heterocycles. The van der Waals surface area contributed by atoms with E-state index in [0.717, 1.165) is 33.9 Å². The Morgan fingerprint density at radius 3 is 1.17 bits per heavy atom. The predicted octanol–water partition coefficient (Wildman–Crippen LogP) is 9.63. The van der Waals surface area contributed by atoms with Gasteiger partial charge in [-0.1, -0.05) is 136 Å². The second kappa shape index (κ2) is 11.8. The summed E-state index contributed by atoms with van der Waals surface area (Å²) in [5.41, 5.74) is 10.4. The maximum atomic E-state index is 4.69. The highest BCUT2D eigenvalue weighted by Gasteiger charge is 2.24. The van der Waals surface area contributed by atoms with Gasteiger partial charge in [-0.2, -0.15) is 0 Å². The van der Waals surface area contributed by atoms with Crippen LogP contribution in [0.1, 0.15) is 122 Å². The van der Waals surface area contributed by atoms with Crippen LogP contribution in [0.2, 0.25) is 0 Å². The SMILES string of the molecule is CC(C)(C)c1cc(-n2cc(C(=Cc3ccccc3)c3cn(-c4cc(C(C)(C)C)cc(C(C)(C)C)c4)nn3)nn2)cc(C(C)(C)C)c1. The molecule has 6 nitrogen and oxygen atoms in total. The minimum Gasteiger partial charge on any atom is -0.220 e.